The summed E-state index contributed by atoms with van der Waals surface area (Å²) in [6.07, 6.45) is 2.29. The molecule has 0 amide bonds. The van der Waals surface area contributed by atoms with Gasteiger partial charge in [-0.25, -0.2) is 15.0 Å². The molecule has 0 atom stereocenters. The first kappa shape index (κ1) is 12.0. The Balaban J connectivity index is 2.22. The second kappa shape index (κ2) is 5.27. The summed E-state index contributed by atoms with van der Waals surface area (Å²) in [6, 6.07) is 0. The molecule has 2 aromatic rings. The summed E-state index contributed by atoms with van der Waals surface area (Å²) in [5, 5.41) is 1.23. The molecule has 2 heterocycles. The molecule has 0 bridgehead atoms. The van der Waals surface area contributed by atoms with Crippen molar-refractivity contribution in [3.63, 3.8) is 0 Å². The lowest BCUT2D eigenvalue weighted by molar-refractivity contribution is 0.969. The third-order valence-electron chi connectivity index (χ3n) is 1.63. The van der Waals surface area contributed by atoms with E-state index >= 15 is 0 Å². The van der Waals surface area contributed by atoms with E-state index in [0.717, 1.165) is 16.6 Å². The van der Waals surface area contributed by atoms with Crippen LogP contribution in [0.15, 0.2) is 15.6 Å². The quantitative estimate of drug-likeness (QED) is 0.641. The normalized spacial score (nSPS) is 10.7. The van der Waals surface area contributed by atoms with Gasteiger partial charge in [-0.05, 0) is 34.9 Å². The van der Waals surface area contributed by atoms with Gasteiger partial charge in [0.05, 0.1) is 11.2 Å². The molecular formula is C8H6Cl2N4S2. The standard InChI is InChI=1S/C8H6Cl2N4S2/c1-2-5-12-8(16-14-5)15-6-4(9)3-11-7(10)13-6/h3H,2H2,1H3. The third kappa shape index (κ3) is 2.82. The lowest BCUT2D eigenvalue weighted by Gasteiger charge is -1.98. The average Bonchev–Trinajstić information content (AvgIpc) is 2.71. The Bertz CT molecular complexity index is 503. The highest BCUT2D eigenvalue weighted by atomic mass is 35.5. The maximum atomic E-state index is 5.94. The van der Waals surface area contributed by atoms with Crippen LogP contribution >= 0.6 is 46.5 Å². The van der Waals surface area contributed by atoms with Crippen LogP contribution in [0.4, 0.5) is 0 Å². The second-order valence-electron chi connectivity index (χ2n) is 2.72. The molecular weight excluding hydrogens is 287 g/mol. The summed E-state index contributed by atoms with van der Waals surface area (Å²) in [5.41, 5.74) is 0. The van der Waals surface area contributed by atoms with Gasteiger partial charge in [-0.2, -0.15) is 4.37 Å². The fourth-order valence-corrected chi connectivity index (χ4v) is 2.89. The van der Waals surface area contributed by atoms with Crippen LogP contribution in [0.2, 0.25) is 10.3 Å². The van der Waals surface area contributed by atoms with Crippen LogP contribution in [0.1, 0.15) is 12.7 Å². The van der Waals surface area contributed by atoms with Gasteiger partial charge in [-0.3, -0.25) is 0 Å². The molecule has 2 rings (SSSR count). The zero-order valence-electron chi connectivity index (χ0n) is 8.15. The van der Waals surface area contributed by atoms with Gasteiger partial charge in [0.25, 0.3) is 0 Å². The second-order valence-corrected chi connectivity index (χ2v) is 5.46. The topological polar surface area (TPSA) is 51.6 Å². The number of hydrogen-bond acceptors (Lipinski definition) is 6. The van der Waals surface area contributed by atoms with Crippen molar-refractivity contribution in [2.75, 3.05) is 0 Å². The molecule has 0 spiro atoms. The van der Waals surface area contributed by atoms with Crippen molar-refractivity contribution in [3.8, 4) is 0 Å². The highest BCUT2D eigenvalue weighted by molar-refractivity contribution is 8.01. The Labute approximate surface area is 111 Å². The van der Waals surface area contributed by atoms with Gasteiger partial charge >= 0.3 is 0 Å². The van der Waals surface area contributed by atoms with Gasteiger partial charge in [0.15, 0.2) is 4.34 Å². The molecule has 0 aliphatic rings. The van der Waals surface area contributed by atoms with Crippen LogP contribution in [0.3, 0.4) is 0 Å². The summed E-state index contributed by atoms with van der Waals surface area (Å²) in [4.78, 5) is 12.1. The van der Waals surface area contributed by atoms with Gasteiger partial charge in [-0.15, -0.1) is 0 Å². The predicted octanol–water partition coefficient (Wildman–Crippen LogP) is 3.35. The van der Waals surface area contributed by atoms with E-state index in [1.165, 1.54) is 29.5 Å². The number of halogens is 2. The Morgan fingerprint density at radius 1 is 1.38 bits per heavy atom. The Morgan fingerprint density at radius 2 is 2.19 bits per heavy atom. The molecule has 0 unspecified atom stereocenters. The van der Waals surface area contributed by atoms with Crippen molar-refractivity contribution in [1.29, 1.82) is 0 Å². The fraction of sp³-hybridized carbons (Fsp3) is 0.250. The molecule has 84 valence electrons. The first-order valence-corrected chi connectivity index (χ1v) is 6.72. The SMILES string of the molecule is CCc1nsc(Sc2nc(Cl)ncc2Cl)n1. The minimum absolute atomic E-state index is 0.173. The van der Waals surface area contributed by atoms with Gasteiger partial charge in [-0.1, -0.05) is 18.5 Å². The smallest absolute Gasteiger partial charge is 0.223 e. The number of hydrogen-bond donors (Lipinski definition) is 0. The molecule has 8 heteroatoms. The summed E-state index contributed by atoms with van der Waals surface area (Å²) in [7, 11) is 0. The van der Waals surface area contributed by atoms with E-state index < -0.39 is 0 Å². The lowest BCUT2D eigenvalue weighted by atomic mass is 10.5. The van der Waals surface area contributed by atoms with Crippen LogP contribution in [-0.2, 0) is 6.42 Å². The largest absolute Gasteiger partial charge is 0.225 e. The van der Waals surface area contributed by atoms with Crippen molar-refractivity contribution in [1.82, 2.24) is 19.3 Å². The minimum atomic E-state index is 0.173. The van der Waals surface area contributed by atoms with Crippen molar-refractivity contribution in [2.24, 2.45) is 0 Å². The zero-order valence-corrected chi connectivity index (χ0v) is 11.3. The van der Waals surface area contributed by atoms with E-state index in [4.69, 9.17) is 23.2 Å². The molecule has 0 aromatic carbocycles. The van der Waals surface area contributed by atoms with Crippen molar-refractivity contribution < 1.29 is 0 Å². The molecule has 0 radical (unpaired) electrons. The number of rotatable bonds is 3. The number of aryl methyl sites for hydroxylation is 1. The summed E-state index contributed by atoms with van der Waals surface area (Å²) < 4.78 is 4.97. The van der Waals surface area contributed by atoms with Gasteiger partial charge in [0, 0.05) is 6.42 Å². The Hall–Kier alpha value is -0.430. The summed E-state index contributed by atoms with van der Waals surface area (Å²) in [6.45, 7) is 2.00. The molecule has 0 aliphatic heterocycles. The van der Waals surface area contributed by atoms with Gasteiger partial charge in [0.1, 0.15) is 10.9 Å². The fourth-order valence-electron chi connectivity index (χ4n) is 0.908. The number of nitrogens with zero attached hydrogens (tertiary/aromatic N) is 4. The van der Waals surface area contributed by atoms with E-state index in [0.29, 0.717) is 10.0 Å². The monoisotopic (exact) mass is 292 g/mol. The molecule has 0 fully saturated rings. The zero-order chi connectivity index (χ0) is 11.5. The van der Waals surface area contributed by atoms with E-state index in [9.17, 15) is 0 Å². The molecule has 0 aliphatic carbocycles. The van der Waals surface area contributed by atoms with E-state index in [1.807, 2.05) is 6.92 Å². The van der Waals surface area contributed by atoms with Crippen LogP contribution in [0.25, 0.3) is 0 Å². The molecule has 4 nitrogen and oxygen atoms in total. The summed E-state index contributed by atoms with van der Waals surface area (Å²) in [5.74, 6) is 0.823. The predicted molar refractivity (Wildman–Crippen MR) is 65.5 cm³/mol. The Kier molecular flexibility index (Phi) is 3.96. The van der Waals surface area contributed by atoms with Crippen LogP contribution in [0, 0.1) is 0 Å². The van der Waals surface area contributed by atoms with Crippen LogP contribution < -0.4 is 0 Å². The Morgan fingerprint density at radius 3 is 2.88 bits per heavy atom. The highest BCUT2D eigenvalue weighted by Crippen LogP contribution is 2.32. The van der Waals surface area contributed by atoms with Crippen molar-refractivity contribution >= 4 is 46.5 Å². The molecule has 0 saturated carbocycles. The molecule has 2 aromatic heterocycles. The molecule has 16 heavy (non-hydrogen) atoms. The summed E-state index contributed by atoms with van der Waals surface area (Å²) >= 11 is 14.3. The van der Waals surface area contributed by atoms with Gasteiger partial charge in [0.2, 0.25) is 5.28 Å². The van der Waals surface area contributed by atoms with E-state index in [-0.39, 0.29) is 5.28 Å². The molecule has 0 N–H and O–H groups in total. The maximum absolute atomic E-state index is 5.94. The first-order valence-electron chi connectivity index (χ1n) is 4.37. The van der Waals surface area contributed by atoms with Crippen molar-refractivity contribution in [2.45, 2.75) is 22.7 Å². The van der Waals surface area contributed by atoms with E-state index in [2.05, 4.69) is 19.3 Å². The third-order valence-corrected chi connectivity index (χ3v) is 4.00. The van der Waals surface area contributed by atoms with Crippen molar-refractivity contribution in [3.05, 3.63) is 22.3 Å². The highest BCUT2D eigenvalue weighted by Gasteiger charge is 2.10. The average molecular weight is 293 g/mol. The minimum Gasteiger partial charge on any atom is -0.225 e. The van der Waals surface area contributed by atoms with E-state index in [1.54, 1.807) is 0 Å². The van der Waals surface area contributed by atoms with Crippen LogP contribution in [0.5, 0.6) is 0 Å². The first-order chi connectivity index (χ1) is 7.69. The maximum Gasteiger partial charge on any atom is 0.223 e. The van der Waals surface area contributed by atoms with Gasteiger partial charge < -0.3 is 0 Å². The van der Waals surface area contributed by atoms with Crippen LogP contribution in [-0.4, -0.2) is 19.3 Å². The lowest BCUT2D eigenvalue weighted by Crippen LogP contribution is -1.86. The number of aromatic nitrogens is 4. The molecule has 0 saturated heterocycles.